The van der Waals surface area contributed by atoms with Crippen LogP contribution in [0.15, 0.2) is 4.99 Å². The maximum atomic E-state index is 5.93. The highest BCUT2D eigenvalue weighted by atomic mass is 15.3. The molecule has 0 aromatic rings. The third-order valence-electron chi connectivity index (χ3n) is 3.90. The number of piperazine rings is 1. The number of nitrogens with one attached hydrogen (secondary N) is 1. The molecule has 1 aliphatic heterocycles. The maximum absolute atomic E-state index is 5.93. The number of nitrogens with two attached hydrogens (primary N) is 1. The van der Waals surface area contributed by atoms with Crippen molar-refractivity contribution < 1.29 is 0 Å². The van der Waals surface area contributed by atoms with Gasteiger partial charge >= 0.3 is 0 Å². The molecule has 1 atom stereocenters. The summed E-state index contributed by atoms with van der Waals surface area (Å²) in [6, 6.07) is 0.525. The van der Waals surface area contributed by atoms with E-state index in [0.29, 0.717) is 23.8 Å². The van der Waals surface area contributed by atoms with Crippen LogP contribution in [0.1, 0.15) is 27.7 Å². The third-order valence-corrected chi connectivity index (χ3v) is 3.90. The van der Waals surface area contributed by atoms with E-state index in [1.165, 1.54) is 0 Å². The number of nitrogens with zero attached hydrogens (tertiary/aromatic N) is 3. The van der Waals surface area contributed by atoms with Gasteiger partial charge in [-0.1, -0.05) is 27.7 Å². The molecule has 1 unspecified atom stereocenters. The van der Waals surface area contributed by atoms with Gasteiger partial charge in [-0.15, -0.1) is 0 Å². The summed E-state index contributed by atoms with van der Waals surface area (Å²) in [5.41, 5.74) is 5.93. The van der Waals surface area contributed by atoms with E-state index in [1.54, 1.807) is 0 Å². The fourth-order valence-corrected chi connectivity index (χ4v) is 2.49. The molecule has 5 heteroatoms. The Labute approximate surface area is 124 Å². The highest BCUT2D eigenvalue weighted by molar-refractivity contribution is 5.77. The minimum absolute atomic E-state index is 0.525. The van der Waals surface area contributed by atoms with Crippen molar-refractivity contribution in [1.82, 2.24) is 15.1 Å². The van der Waals surface area contributed by atoms with E-state index in [4.69, 9.17) is 5.73 Å². The second kappa shape index (κ2) is 8.47. The number of hydrogen-bond acceptors (Lipinski definition) is 3. The fourth-order valence-electron chi connectivity index (χ4n) is 2.49. The van der Waals surface area contributed by atoms with Gasteiger partial charge in [-0.2, -0.15) is 0 Å². The zero-order valence-electron chi connectivity index (χ0n) is 13.9. The third kappa shape index (κ3) is 6.09. The number of rotatable bonds is 6. The van der Waals surface area contributed by atoms with Crippen LogP contribution >= 0.6 is 0 Å². The first kappa shape index (κ1) is 17.2. The molecule has 0 radical (unpaired) electrons. The SMILES string of the molecule is CC(C)CN=C(N)NCC(C(C)C)N1CCN(C)CC1. The molecule has 0 aromatic carbocycles. The molecule has 0 spiro atoms. The molecule has 0 saturated carbocycles. The number of hydrogen-bond donors (Lipinski definition) is 2. The van der Waals surface area contributed by atoms with Crippen molar-refractivity contribution in [2.24, 2.45) is 22.6 Å². The summed E-state index contributed by atoms with van der Waals surface area (Å²) >= 11 is 0. The second-order valence-corrected chi connectivity index (χ2v) is 6.65. The summed E-state index contributed by atoms with van der Waals surface area (Å²) < 4.78 is 0. The Morgan fingerprint density at radius 1 is 1.15 bits per heavy atom. The van der Waals surface area contributed by atoms with Gasteiger partial charge in [0.2, 0.25) is 0 Å². The Morgan fingerprint density at radius 2 is 1.75 bits per heavy atom. The average Bonchev–Trinajstić information content (AvgIpc) is 2.38. The quantitative estimate of drug-likeness (QED) is 0.560. The first-order chi connectivity index (χ1) is 9.40. The van der Waals surface area contributed by atoms with E-state index in [0.717, 1.165) is 39.3 Å². The van der Waals surface area contributed by atoms with Gasteiger partial charge in [0.15, 0.2) is 5.96 Å². The zero-order valence-corrected chi connectivity index (χ0v) is 13.9. The van der Waals surface area contributed by atoms with Crippen LogP contribution in [0, 0.1) is 11.8 Å². The van der Waals surface area contributed by atoms with Crippen LogP contribution in [0.4, 0.5) is 0 Å². The van der Waals surface area contributed by atoms with Gasteiger partial charge in [-0.05, 0) is 18.9 Å². The van der Waals surface area contributed by atoms with Crippen LogP contribution in [0.2, 0.25) is 0 Å². The van der Waals surface area contributed by atoms with E-state index in [9.17, 15) is 0 Å². The standard InChI is InChI=1S/C15H33N5/c1-12(2)10-17-15(16)18-11-14(13(3)4)20-8-6-19(5)7-9-20/h12-14H,6-11H2,1-5H3,(H3,16,17,18). The van der Waals surface area contributed by atoms with E-state index in [1.807, 2.05) is 0 Å². The predicted molar refractivity (Wildman–Crippen MR) is 87.0 cm³/mol. The van der Waals surface area contributed by atoms with Crippen LogP contribution in [-0.2, 0) is 0 Å². The molecule has 1 fully saturated rings. The van der Waals surface area contributed by atoms with Crippen LogP contribution in [0.5, 0.6) is 0 Å². The Morgan fingerprint density at radius 3 is 2.25 bits per heavy atom. The van der Waals surface area contributed by atoms with E-state index in [-0.39, 0.29) is 0 Å². The van der Waals surface area contributed by atoms with E-state index in [2.05, 4.69) is 54.9 Å². The minimum atomic E-state index is 0.525. The first-order valence-electron chi connectivity index (χ1n) is 7.86. The molecular formula is C15H33N5. The minimum Gasteiger partial charge on any atom is -0.370 e. The van der Waals surface area contributed by atoms with Crippen LogP contribution in [0.3, 0.4) is 0 Å². The van der Waals surface area contributed by atoms with Gasteiger partial charge in [0.25, 0.3) is 0 Å². The molecule has 0 bridgehead atoms. The Bertz CT molecular complexity index is 293. The summed E-state index contributed by atoms with van der Waals surface area (Å²) in [5.74, 6) is 1.75. The van der Waals surface area contributed by atoms with Crippen molar-refractivity contribution in [2.45, 2.75) is 33.7 Å². The lowest BCUT2D eigenvalue weighted by Gasteiger charge is -2.40. The Hall–Kier alpha value is -0.810. The molecule has 5 nitrogen and oxygen atoms in total. The van der Waals surface area contributed by atoms with Crippen LogP contribution in [0.25, 0.3) is 0 Å². The lowest BCUT2D eigenvalue weighted by Crippen LogP contribution is -2.54. The molecule has 1 rings (SSSR count). The molecule has 0 aliphatic carbocycles. The molecule has 0 amide bonds. The summed E-state index contributed by atoms with van der Waals surface area (Å²) in [7, 11) is 2.19. The Kier molecular flexibility index (Phi) is 7.30. The molecule has 118 valence electrons. The van der Waals surface area contributed by atoms with Crippen LogP contribution in [-0.4, -0.2) is 68.1 Å². The van der Waals surface area contributed by atoms with Gasteiger partial charge < -0.3 is 16.0 Å². The smallest absolute Gasteiger partial charge is 0.188 e. The van der Waals surface area contributed by atoms with Crippen molar-refractivity contribution in [3.63, 3.8) is 0 Å². The topological polar surface area (TPSA) is 56.9 Å². The lowest BCUT2D eigenvalue weighted by atomic mass is 10.0. The molecule has 0 aromatic heterocycles. The maximum Gasteiger partial charge on any atom is 0.188 e. The molecule has 3 N–H and O–H groups in total. The number of guanidine groups is 1. The lowest BCUT2D eigenvalue weighted by molar-refractivity contribution is 0.0900. The molecular weight excluding hydrogens is 250 g/mol. The van der Waals surface area contributed by atoms with Gasteiger partial charge in [0.05, 0.1) is 0 Å². The van der Waals surface area contributed by atoms with Crippen molar-refractivity contribution in [2.75, 3.05) is 46.3 Å². The predicted octanol–water partition coefficient (Wildman–Crippen LogP) is 0.819. The highest BCUT2D eigenvalue weighted by Crippen LogP contribution is 2.12. The summed E-state index contributed by atoms with van der Waals surface area (Å²) in [4.78, 5) is 9.33. The normalized spacial score (nSPS) is 20.6. The second-order valence-electron chi connectivity index (χ2n) is 6.65. The molecule has 20 heavy (non-hydrogen) atoms. The largest absolute Gasteiger partial charge is 0.370 e. The number of aliphatic imine (C=N–C) groups is 1. The zero-order chi connectivity index (χ0) is 15.1. The van der Waals surface area contributed by atoms with Crippen molar-refractivity contribution in [3.8, 4) is 0 Å². The van der Waals surface area contributed by atoms with Crippen molar-refractivity contribution >= 4 is 5.96 Å². The molecule has 1 saturated heterocycles. The van der Waals surface area contributed by atoms with Gasteiger partial charge in [-0.3, -0.25) is 9.89 Å². The van der Waals surface area contributed by atoms with E-state index >= 15 is 0 Å². The Balaban J connectivity index is 2.45. The fraction of sp³-hybridized carbons (Fsp3) is 0.933. The van der Waals surface area contributed by atoms with Crippen LogP contribution < -0.4 is 11.1 Å². The monoisotopic (exact) mass is 283 g/mol. The summed E-state index contributed by atoms with van der Waals surface area (Å²) in [6.45, 7) is 15.1. The number of likely N-dealkylation sites (N-methyl/N-ethyl adjacent to an activating group) is 1. The van der Waals surface area contributed by atoms with Gasteiger partial charge in [0.1, 0.15) is 0 Å². The summed E-state index contributed by atoms with van der Waals surface area (Å²) in [6.07, 6.45) is 0. The van der Waals surface area contributed by atoms with Gasteiger partial charge in [0, 0.05) is 45.3 Å². The van der Waals surface area contributed by atoms with Crippen molar-refractivity contribution in [3.05, 3.63) is 0 Å². The van der Waals surface area contributed by atoms with Crippen molar-refractivity contribution in [1.29, 1.82) is 0 Å². The highest BCUT2D eigenvalue weighted by Gasteiger charge is 2.24. The molecule has 1 heterocycles. The van der Waals surface area contributed by atoms with Gasteiger partial charge in [-0.25, -0.2) is 0 Å². The van der Waals surface area contributed by atoms with E-state index < -0.39 is 0 Å². The summed E-state index contributed by atoms with van der Waals surface area (Å²) in [5, 5.41) is 3.30. The molecule has 1 aliphatic rings. The average molecular weight is 283 g/mol. The first-order valence-corrected chi connectivity index (χ1v) is 7.86.